The molecular weight excluding hydrogens is 240 g/mol. The van der Waals surface area contributed by atoms with E-state index >= 15 is 0 Å². The van der Waals surface area contributed by atoms with Crippen molar-refractivity contribution in [3.63, 3.8) is 0 Å². The van der Waals surface area contributed by atoms with E-state index in [1.165, 1.54) is 5.69 Å². The van der Waals surface area contributed by atoms with E-state index in [0.717, 1.165) is 12.2 Å². The van der Waals surface area contributed by atoms with E-state index in [-0.39, 0.29) is 11.5 Å². The summed E-state index contributed by atoms with van der Waals surface area (Å²) in [5.74, 6) is 0.450. The third-order valence-corrected chi connectivity index (χ3v) is 3.42. The standard InChI is InChI=1S/C15H26N2O2/c1-11(2)13-8-14(15(3,4)5)17(16-13)9-12-10-18-6-7-19-12/h8,11-12H,6-7,9-10H2,1-5H3. The molecule has 4 heteroatoms. The third kappa shape index (κ3) is 3.57. The molecule has 2 rings (SSSR count). The van der Waals surface area contributed by atoms with Crippen molar-refractivity contribution in [3.8, 4) is 0 Å². The van der Waals surface area contributed by atoms with Crippen molar-refractivity contribution in [2.45, 2.75) is 58.6 Å². The fourth-order valence-electron chi connectivity index (χ4n) is 2.30. The molecule has 4 nitrogen and oxygen atoms in total. The highest BCUT2D eigenvalue weighted by molar-refractivity contribution is 5.20. The maximum absolute atomic E-state index is 5.73. The fourth-order valence-corrected chi connectivity index (χ4v) is 2.30. The minimum atomic E-state index is 0.0929. The zero-order valence-electron chi connectivity index (χ0n) is 12.8. The van der Waals surface area contributed by atoms with Crippen molar-refractivity contribution >= 4 is 0 Å². The molecule has 1 fully saturated rings. The van der Waals surface area contributed by atoms with Crippen LogP contribution in [0.15, 0.2) is 6.07 Å². The molecule has 1 aromatic heterocycles. The Labute approximate surface area is 116 Å². The lowest BCUT2D eigenvalue weighted by Gasteiger charge is -2.26. The predicted octanol–water partition coefficient (Wildman–Crippen LogP) is 2.72. The highest BCUT2D eigenvalue weighted by Crippen LogP contribution is 2.26. The lowest BCUT2D eigenvalue weighted by Crippen LogP contribution is -2.34. The number of ether oxygens (including phenoxy) is 2. The van der Waals surface area contributed by atoms with Crippen LogP contribution in [0.4, 0.5) is 0 Å². The zero-order valence-corrected chi connectivity index (χ0v) is 12.8. The molecule has 1 saturated heterocycles. The van der Waals surface area contributed by atoms with Crippen molar-refractivity contribution < 1.29 is 9.47 Å². The monoisotopic (exact) mass is 266 g/mol. The first-order valence-corrected chi connectivity index (χ1v) is 7.15. The van der Waals surface area contributed by atoms with Gasteiger partial charge in [0.1, 0.15) is 6.10 Å². The zero-order chi connectivity index (χ0) is 14.0. The predicted molar refractivity (Wildman–Crippen MR) is 75.6 cm³/mol. The second-order valence-electron chi connectivity index (χ2n) is 6.61. The van der Waals surface area contributed by atoms with Crippen LogP contribution in [0, 0.1) is 0 Å². The van der Waals surface area contributed by atoms with Gasteiger partial charge in [0, 0.05) is 11.1 Å². The lowest BCUT2D eigenvalue weighted by atomic mass is 9.91. The normalized spacial score (nSPS) is 21.1. The molecule has 19 heavy (non-hydrogen) atoms. The van der Waals surface area contributed by atoms with E-state index in [1.54, 1.807) is 0 Å². The molecule has 1 aliphatic heterocycles. The van der Waals surface area contributed by atoms with Gasteiger partial charge in [-0.05, 0) is 12.0 Å². The van der Waals surface area contributed by atoms with Crippen LogP contribution in [0.1, 0.15) is 51.9 Å². The number of nitrogens with zero attached hydrogens (tertiary/aromatic N) is 2. The Bertz CT molecular complexity index is 412. The van der Waals surface area contributed by atoms with Gasteiger partial charge in [-0.15, -0.1) is 0 Å². The van der Waals surface area contributed by atoms with Gasteiger partial charge in [-0.1, -0.05) is 34.6 Å². The first-order chi connectivity index (χ1) is 8.88. The van der Waals surface area contributed by atoms with E-state index in [0.29, 0.717) is 25.7 Å². The maximum atomic E-state index is 5.73. The number of rotatable bonds is 3. The molecule has 0 saturated carbocycles. The smallest absolute Gasteiger partial charge is 0.100 e. The van der Waals surface area contributed by atoms with E-state index in [4.69, 9.17) is 14.6 Å². The van der Waals surface area contributed by atoms with Gasteiger partial charge in [0.15, 0.2) is 0 Å². The molecule has 1 aromatic rings. The summed E-state index contributed by atoms with van der Waals surface area (Å²) < 4.78 is 13.3. The number of hydrogen-bond acceptors (Lipinski definition) is 3. The Morgan fingerprint density at radius 1 is 1.37 bits per heavy atom. The highest BCUT2D eigenvalue weighted by Gasteiger charge is 2.24. The molecule has 0 amide bonds. The average molecular weight is 266 g/mol. The second-order valence-corrected chi connectivity index (χ2v) is 6.61. The quantitative estimate of drug-likeness (QED) is 0.844. The Balaban J connectivity index is 2.21. The molecule has 0 aromatic carbocycles. The van der Waals surface area contributed by atoms with E-state index in [2.05, 4.69) is 45.4 Å². The second kappa shape index (κ2) is 5.63. The first kappa shape index (κ1) is 14.5. The maximum Gasteiger partial charge on any atom is 0.100 e. The Hall–Kier alpha value is -0.870. The lowest BCUT2D eigenvalue weighted by molar-refractivity contribution is -0.0950. The first-order valence-electron chi connectivity index (χ1n) is 7.15. The molecule has 0 N–H and O–H groups in total. The van der Waals surface area contributed by atoms with Gasteiger partial charge in [-0.3, -0.25) is 4.68 Å². The van der Waals surface area contributed by atoms with E-state index in [1.807, 2.05) is 0 Å². The van der Waals surface area contributed by atoms with Gasteiger partial charge in [-0.2, -0.15) is 5.10 Å². The summed E-state index contributed by atoms with van der Waals surface area (Å²) in [6.07, 6.45) is 0.120. The Morgan fingerprint density at radius 3 is 2.63 bits per heavy atom. The van der Waals surface area contributed by atoms with Gasteiger partial charge in [-0.25, -0.2) is 0 Å². The molecule has 1 unspecified atom stereocenters. The van der Waals surface area contributed by atoms with E-state index < -0.39 is 0 Å². The van der Waals surface area contributed by atoms with E-state index in [9.17, 15) is 0 Å². The summed E-state index contributed by atoms with van der Waals surface area (Å²) in [6.45, 7) is 13.9. The molecule has 0 radical (unpaired) electrons. The van der Waals surface area contributed by atoms with Crippen LogP contribution < -0.4 is 0 Å². The number of hydrogen-bond donors (Lipinski definition) is 0. The Morgan fingerprint density at radius 2 is 2.11 bits per heavy atom. The fraction of sp³-hybridized carbons (Fsp3) is 0.800. The summed E-state index contributed by atoms with van der Waals surface area (Å²) in [5.41, 5.74) is 2.52. The van der Waals surface area contributed by atoms with Crippen LogP contribution >= 0.6 is 0 Å². The summed E-state index contributed by atoms with van der Waals surface area (Å²) >= 11 is 0. The summed E-state index contributed by atoms with van der Waals surface area (Å²) in [5, 5.41) is 4.75. The van der Waals surface area contributed by atoms with Gasteiger partial charge in [0.05, 0.1) is 32.1 Å². The van der Waals surface area contributed by atoms with Crippen molar-refractivity contribution in [1.29, 1.82) is 0 Å². The summed E-state index contributed by atoms with van der Waals surface area (Å²) in [4.78, 5) is 0. The molecule has 2 heterocycles. The minimum Gasteiger partial charge on any atom is -0.376 e. The largest absolute Gasteiger partial charge is 0.376 e. The van der Waals surface area contributed by atoms with Crippen molar-refractivity contribution in [2.75, 3.05) is 19.8 Å². The summed E-state index contributed by atoms with van der Waals surface area (Å²) in [6, 6.07) is 2.23. The average Bonchev–Trinajstić information content (AvgIpc) is 2.74. The molecule has 0 spiro atoms. The number of aromatic nitrogens is 2. The van der Waals surface area contributed by atoms with Gasteiger partial charge < -0.3 is 9.47 Å². The molecule has 0 aliphatic carbocycles. The third-order valence-electron chi connectivity index (χ3n) is 3.42. The minimum absolute atomic E-state index is 0.0929. The van der Waals surface area contributed by atoms with Crippen LogP contribution in [-0.2, 0) is 21.4 Å². The Kier molecular flexibility index (Phi) is 4.31. The van der Waals surface area contributed by atoms with Crippen molar-refractivity contribution in [2.24, 2.45) is 0 Å². The highest BCUT2D eigenvalue weighted by atomic mass is 16.6. The van der Waals surface area contributed by atoms with Crippen LogP contribution in [-0.4, -0.2) is 35.7 Å². The molecule has 1 atom stereocenters. The summed E-state index contributed by atoms with van der Waals surface area (Å²) in [7, 11) is 0. The van der Waals surface area contributed by atoms with Crippen LogP contribution in [0.25, 0.3) is 0 Å². The van der Waals surface area contributed by atoms with Crippen molar-refractivity contribution in [3.05, 3.63) is 17.5 Å². The molecule has 108 valence electrons. The van der Waals surface area contributed by atoms with Crippen LogP contribution in [0.2, 0.25) is 0 Å². The van der Waals surface area contributed by atoms with Crippen LogP contribution in [0.3, 0.4) is 0 Å². The molecular formula is C15H26N2O2. The SMILES string of the molecule is CC(C)c1cc(C(C)(C)C)n(CC2COCCO2)n1. The molecule has 1 aliphatic rings. The van der Waals surface area contributed by atoms with Crippen LogP contribution in [0.5, 0.6) is 0 Å². The topological polar surface area (TPSA) is 36.3 Å². The van der Waals surface area contributed by atoms with Gasteiger partial charge in [0.25, 0.3) is 0 Å². The molecule has 0 bridgehead atoms. The van der Waals surface area contributed by atoms with Gasteiger partial charge >= 0.3 is 0 Å². The van der Waals surface area contributed by atoms with Gasteiger partial charge in [0.2, 0.25) is 0 Å². The van der Waals surface area contributed by atoms with Crippen molar-refractivity contribution in [1.82, 2.24) is 9.78 Å².